The van der Waals surface area contributed by atoms with Crippen LogP contribution in [-0.2, 0) is 0 Å². The molecule has 0 bridgehead atoms. The third-order valence-corrected chi connectivity index (χ3v) is 4.82. The van der Waals surface area contributed by atoms with Crippen molar-refractivity contribution < 1.29 is 9.53 Å². The average molecular weight is 419 g/mol. The highest BCUT2D eigenvalue weighted by Gasteiger charge is 2.10. The first-order valence-electron chi connectivity index (χ1n) is 9.17. The number of nitrogens with zero attached hydrogens (tertiary/aromatic N) is 1. The van der Waals surface area contributed by atoms with E-state index in [9.17, 15) is 4.79 Å². The monoisotopic (exact) mass is 418 g/mol. The van der Waals surface area contributed by atoms with E-state index in [2.05, 4.69) is 46.9 Å². The van der Waals surface area contributed by atoms with Crippen molar-refractivity contribution in [2.75, 3.05) is 29.9 Å². The molecule has 140 valence electrons. The van der Waals surface area contributed by atoms with Gasteiger partial charge in [-0.2, -0.15) is 0 Å². The van der Waals surface area contributed by atoms with Gasteiger partial charge in [0.25, 0.3) is 5.91 Å². The molecule has 0 saturated heterocycles. The number of anilines is 2. The summed E-state index contributed by atoms with van der Waals surface area (Å²) in [7, 11) is 0. The maximum Gasteiger partial charge on any atom is 0.255 e. The number of hydrogen-bond acceptors (Lipinski definition) is 3. The van der Waals surface area contributed by atoms with Crippen molar-refractivity contribution in [3.63, 3.8) is 0 Å². The van der Waals surface area contributed by atoms with E-state index in [1.807, 2.05) is 30.3 Å². The second-order valence-corrected chi connectivity index (χ2v) is 6.87. The standard InChI is InChI=1S/C21H27BrN2O2/c1-4-7-14-26-20-13-8-16(15-19(20)22)21(25)23-17-9-11-18(12-10-17)24(5-2)6-3/h8-13,15H,4-7,14H2,1-3H3,(H,23,25). The lowest BCUT2D eigenvalue weighted by atomic mass is 10.2. The lowest BCUT2D eigenvalue weighted by Crippen LogP contribution is -2.21. The Morgan fingerprint density at radius 3 is 2.35 bits per heavy atom. The van der Waals surface area contributed by atoms with Crippen molar-refractivity contribution in [2.45, 2.75) is 33.6 Å². The maximum atomic E-state index is 12.5. The van der Waals surface area contributed by atoms with Crippen LogP contribution >= 0.6 is 15.9 Å². The summed E-state index contributed by atoms with van der Waals surface area (Å²) < 4.78 is 6.49. The number of nitrogens with one attached hydrogen (secondary N) is 1. The zero-order valence-electron chi connectivity index (χ0n) is 15.7. The van der Waals surface area contributed by atoms with Gasteiger partial charge >= 0.3 is 0 Å². The fraction of sp³-hybridized carbons (Fsp3) is 0.381. The van der Waals surface area contributed by atoms with E-state index in [0.717, 1.165) is 47.5 Å². The van der Waals surface area contributed by atoms with Gasteiger partial charge in [-0.25, -0.2) is 0 Å². The summed E-state index contributed by atoms with van der Waals surface area (Å²) in [5, 5.41) is 2.94. The first kappa shape index (κ1) is 20.3. The van der Waals surface area contributed by atoms with Crippen LogP contribution in [0.4, 0.5) is 11.4 Å². The number of rotatable bonds is 9. The summed E-state index contributed by atoms with van der Waals surface area (Å²) in [5.74, 6) is 0.625. The second kappa shape index (κ2) is 10.2. The molecule has 2 aromatic rings. The molecule has 5 heteroatoms. The van der Waals surface area contributed by atoms with Gasteiger partial charge in [0.15, 0.2) is 0 Å². The number of ether oxygens (including phenoxy) is 1. The lowest BCUT2D eigenvalue weighted by molar-refractivity contribution is 0.102. The van der Waals surface area contributed by atoms with Gasteiger partial charge in [-0.05, 0) is 78.7 Å². The predicted octanol–water partition coefficient (Wildman–Crippen LogP) is 5.73. The van der Waals surface area contributed by atoms with Gasteiger partial charge in [0, 0.05) is 30.0 Å². The highest BCUT2D eigenvalue weighted by Crippen LogP contribution is 2.27. The number of carbonyl (C=O) groups excluding carboxylic acids is 1. The molecule has 0 radical (unpaired) electrons. The van der Waals surface area contributed by atoms with E-state index in [4.69, 9.17) is 4.74 Å². The van der Waals surface area contributed by atoms with Crippen molar-refractivity contribution in [3.8, 4) is 5.75 Å². The SMILES string of the molecule is CCCCOc1ccc(C(=O)Nc2ccc(N(CC)CC)cc2)cc1Br. The normalized spacial score (nSPS) is 10.5. The Bertz CT molecular complexity index is 712. The van der Waals surface area contributed by atoms with Crippen LogP contribution in [0.2, 0.25) is 0 Å². The minimum atomic E-state index is -0.138. The first-order valence-corrected chi connectivity index (χ1v) is 9.97. The fourth-order valence-electron chi connectivity index (χ4n) is 2.63. The number of hydrogen-bond donors (Lipinski definition) is 1. The van der Waals surface area contributed by atoms with Gasteiger partial charge in [0.1, 0.15) is 5.75 Å². The third-order valence-electron chi connectivity index (χ3n) is 4.20. The van der Waals surface area contributed by atoms with Crippen LogP contribution in [0.25, 0.3) is 0 Å². The van der Waals surface area contributed by atoms with E-state index in [1.54, 1.807) is 12.1 Å². The van der Waals surface area contributed by atoms with Crippen LogP contribution in [0, 0.1) is 0 Å². The molecule has 26 heavy (non-hydrogen) atoms. The molecule has 0 aliphatic heterocycles. The van der Waals surface area contributed by atoms with Crippen molar-refractivity contribution in [3.05, 3.63) is 52.5 Å². The van der Waals surface area contributed by atoms with Crippen molar-refractivity contribution in [1.29, 1.82) is 0 Å². The van der Waals surface area contributed by atoms with E-state index < -0.39 is 0 Å². The molecule has 0 saturated carbocycles. The Morgan fingerprint density at radius 1 is 1.08 bits per heavy atom. The maximum absolute atomic E-state index is 12.5. The van der Waals surface area contributed by atoms with Crippen molar-refractivity contribution in [1.82, 2.24) is 0 Å². The molecule has 1 amide bonds. The van der Waals surface area contributed by atoms with Gasteiger partial charge in [0.05, 0.1) is 11.1 Å². The number of unbranched alkanes of at least 4 members (excludes halogenated alkanes) is 1. The highest BCUT2D eigenvalue weighted by molar-refractivity contribution is 9.10. The Labute approximate surface area is 164 Å². The minimum absolute atomic E-state index is 0.138. The van der Waals surface area contributed by atoms with Crippen LogP contribution in [0.5, 0.6) is 5.75 Å². The molecule has 0 atom stereocenters. The van der Waals surface area contributed by atoms with E-state index in [1.165, 1.54) is 0 Å². The molecule has 0 aliphatic carbocycles. The predicted molar refractivity (Wildman–Crippen MR) is 113 cm³/mol. The molecule has 2 aromatic carbocycles. The van der Waals surface area contributed by atoms with Gasteiger partial charge in [0.2, 0.25) is 0 Å². The van der Waals surface area contributed by atoms with Crippen LogP contribution in [0.15, 0.2) is 46.9 Å². The van der Waals surface area contributed by atoms with Crippen LogP contribution in [0.3, 0.4) is 0 Å². The van der Waals surface area contributed by atoms with E-state index in [0.29, 0.717) is 12.2 Å². The Morgan fingerprint density at radius 2 is 1.77 bits per heavy atom. The summed E-state index contributed by atoms with van der Waals surface area (Å²) in [4.78, 5) is 14.7. The first-order chi connectivity index (χ1) is 12.6. The Hall–Kier alpha value is -2.01. The summed E-state index contributed by atoms with van der Waals surface area (Å²) in [5.41, 5.74) is 2.53. The molecule has 0 aliphatic rings. The Balaban J connectivity index is 2.02. The third kappa shape index (κ3) is 5.49. The average Bonchev–Trinajstić information content (AvgIpc) is 2.65. The van der Waals surface area contributed by atoms with Gasteiger partial charge < -0.3 is 15.0 Å². The van der Waals surface area contributed by atoms with Crippen LogP contribution < -0.4 is 15.0 Å². The lowest BCUT2D eigenvalue weighted by Gasteiger charge is -2.21. The zero-order valence-corrected chi connectivity index (χ0v) is 17.3. The van der Waals surface area contributed by atoms with Crippen molar-refractivity contribution in [2.24, 2.45) is 0 Å². The van der Waals surface area contributed by atoms with E-state index >= 15 is 0 Å². The number of halogens is 1. The van der Waals surface area contributed by atoms with Crippen molar-refractivity contribution >= 4 is 33.2 Å². The summed E-state index contributed by atoms with van der Waals surface area (Å²) in [6, 6.07) is 13.3. The summed E-state index contributed by atoms with van der Waals surface area (Å²) >= 11 is 3.48. The Kier molecular flexibility index (Phi) is 7.98. The topological polar surface area (TPSA) is 41.6 Å². The van der Waals surface area contributed by atoms with E-state index in [-0.39, 0.29) is 5.91 Å². The molecular weight excluding hydrogens is 392 g/mol. The van der Waals surface area contributed by atoms with Gasteiger partial charge in [-0.3, -0.25) is 4.79 Å². The molecule has 2 rings (SSSR count). The minimum Gasteiger partial charge on any atom is -0.492 e. The van der Waals surface area contributed by atoms with Gasteiger partial charge in [-0.1, -0.05) is 13.3 Å². The molecule has 0 spiro atoms. The molecule has 0 unspecified atom stereocenters. The summed E-state index contributed by atoms with van der Waals surface area (Å²) in [6.07, 6.45) is 2.10. The quantitative estimate of drug-likeness (QED) is 0.528. The number of benzene rings is 2. The second-order valence-electron chi connectivity index (χ2n) is 6.02. The fourth-order valence-corrected chi connectivity index (χ4v) is 3.13. The molecule has 1 N–H and O–H groups in total. The summed E-state index contributed by atoms with van der Waals surface area (Å²) in [6.45, 7) is 8.99. The largest absolute Gasteiger partial charge is 0.492 e. The zero-order chi connectivity index (χ0) is 18.9. The van der Waals surface area contributed by atoms with Crippen LogP contribution in [-0.4, -0.2) is 25.6 Å². The molecule has 0 aromatic heterocycles. The number of carbonyl (C=O) groups is 1. The van der Waals surface area contributed by atoms with Crippen LogP contribution in [0.1, 0.15) is 44.0 Å². The smallest absolute Gasteiger partial charge is 0.255 e. The molecule has 0 heterocycles. The number of amides is 1. The molecular formula is C21H27BrN2O2. The highest BCUT2D eigenvalue weighted by atomic mass is 79.9. The van der Waals surface area contributed by atoms with Gasteiger partial charge in [-0.15, -0.1) is 0 Å². The molecule has 0 fully saturated rings. The molecule has 4 nitrogen and oxygen atoms in total.